The van der Waals surface area contributed by atoms with Crippen molar-refractivity contribution in [3.05, 3.63) is 22.4 Å². The highest BCUT2D eigenvalue weighted by atomic mass is 32.1. The molecular weight excluding hydrogens is 232 g/mol. The summed E-state index contributed by atoms with van der Waals surface area (Å²) in [4.78, 5) is 15.1. The molecule has 2 N–H and O–H groups in total. The van der Waals surface area contributed by atoms with E-state index in [0.29, 0.717) is 6.42 Å². The van der Waals surface area contributed by atoms with Crippen LogP contribution in [0.5, 0.6) is 0 Å². The normalized spacial score (nSPS) is 10.5. The molecule has 4 heteroatoms. The van der Waals surface area contributed by atoms with Crippen molar-refractivity contribution in [2.75, 3.05) is 13.1 Å². The van der Waals surface area contributed by atoms with E-state index in [1.54, 1.807) is 11.3 Å². The van der Waals surface area contributed by atoms with Gasteiger partial charge in [0.1, 0.15) is 0 Å². The first kappa shape index (κ1) is 14.2. The van der Waals surface area contributed by atoms with Crippen LogP contribution >= 0.6 is 11.3 Å². The van der Waals surface area contributed by atoms with Crippen molar-refractivity contribution < 1.29 is 4.79 Å². The minimum atomic E-state index is 0.262. The molecule has 0 aromatic carbocycles. The molecule has 0 fully saturated rings. The van der Waals surface area contributed by atoms with E-state index in [9.17, 15) is 4.79 Å². The third-order valence-corrected chi connectivity index (χ3v) is 3.62. The van der Waals surface area contributed by atoms with Gasteiger partial charge in [0.25, 0.3) is 0 Å². The summed E-state index contributed by atoms with van der Waals surface area (Å²) < 4.78 is 0. The Bertz CT molecular complexity index is 311. The van der Waals surface area contributed by atoms with Crippen LogP contribution in [0, 0.1) is 0 Å². The van der Waals surface area contributed by atoms with Gasteiger partial charge in [0, 0.05) is 17.8 Å². The van der Waals surface area contributed by atoms with E-state index in [0.717, 1.165) is 38.9 Å². The Hall–Kier alpha value is -0.870. The molecule has 0 spiro atoms. The fraction of sp³-hybridized carbons (Fsp3) is 0.615. The van der Waals surface area contributed by atoms with Crippen molar-refractivity contribution in [3.8, 4) is 0 Å². The highest BCUT2D eigenvalue weighted by Gasteiger charge is 2.11. The van der Waals surface area contributed by atoms with Crippen molar-refractivity contribution in [3.63, 3.8) is 0 Å². The second-order valence-corrected chi connectivity index (χ2v) is 5.12. The van der Waals surface area contributed by atoms with Crippen LogP contribution < -0.4 is 5.73 Å². The van der Waals surface area contributed by atoms with Crippen LogP contribution in [0.4, 0.5) is 0 Å². The van der Waals surface area contributed by atoms with E-state index < -0.39 is 0 Å². The highest BCUT2D eigenvalue weighted by Crippen LogP contribution is 2.13. The number of rotatable bonds is 8. The summed E-state index contributed by atoms with van der Waals surface area (Å²) >= 11 is 1.71. The third kappa shape index (κ3) is 5.33. The lowest BCUT2D eigenvalue weighted by atomic mass is 10.2. The summed E-state index contributed by atoms with van der Waals surface area (Å²) in [5.74, 6) is 0.262. The molecule has 0 saturated heterocycles. The van der Waals surface area contributed by atoms with E-state index >= 15 is 0 Å². The molecule has 0 saturated carbocycles. The Morgan fingerprint density at radius 2 is 2.24 bits per heavy atom. The van der Waals surface area contributed by atoms with Crippen molar-refractivity contribution in [1.29, 1.82) is 0 Å². The molecule has 3 nitrogen and oxygen atoms in total. The smallest absolute Gasteiger partial charge is 0.222 e. The predicted molar refractivity (Wildman–Crippen MR) is 72.9 cm³/mol. The van der Waals surface area contributed by atoms with Crippen molar-refractivity contribution in [1.82, 2.24) is 4.90 Å². The monoisotopic (exact) mass is 254 g/mol. The van der Waals surface area contributed by atoms with Crippen LogP contribution in [0.3, 0.4) is 0 Å². The van der Waals surface area contributed by atoms with Gasteiger partial charge in [0.2, 0.25) is 5.91 Å². The Balaban J connectivity index is 2.31. The molecule has 0 unspecified atom stereocenters. The number of carbonyl (C=O) groups is 1. The summed E-state index contributed by atoms with van der Waals surface area (Å²) in [7, 11) is 0. The maximum Gasteiger partial charge on any atom is 0.222 e. The van der Waals surface area contributed by atoms with Gasteiger partial charge in [-0.05, 0) is 37.8 Å². The standard InChI is InChI=1S/C13H22N2OS/c1-2-15(11-12-7-6-10-17-12)13(16)8-4-3-5-9-14/h6-7,10H,2-5,8-9,11,14H2,1H3. The lowest BCUT2D eigenvalue weighted by Crippen LogP contribution is -2.29. The second kappa shape index (κ2) is 8.25. The first-order valence-corrected chi connectivity index (χ1v) is 7.16. The summed E-state index contributed by atoms with van der Waals surface area (Å²) in [6.07, 6.45) is 3.68. The number of hydrogen-bond donors (Lipinski definition) is 1. The summed E-state index contributed by atoms with van der Waals surface area (Å²) in [5.41, 5.74) is 5.43. The van der Waals surface area contributed by atoms with Gasteiger partial charge >= 0.3 is 0 Å². The number of nitrogens with zero attached hydrogens (tertiary/aromatic N) is 1. The number of thiophene rings is 1. The van der Waals surface area contributed by atoms with Crippen LogP contribution in [0.2, 0.25) is 0 Å². The lowest BCUT2D eigenvalue weighted by molar-refractivity contribution is -0.131. The largest absolute Gasteiger partial charge is 0.338 e. The fourth-order valence-electron chi connectivity index (χ4n) is 1.72. The minimum absolute atomic E-state index is 0.262. The van der Waals surface area contributed by atoms with Gasteiger partial charge in [-0.1, -0.05) is 12.5 Å². The van der Waals surface area contributed by atoms with Gasteiger partial charge in [-0.25, -0.2) is 0 Å². The maximum absolute atomic E-state index is 12.0. The first-order valence-electron chi connectivity index (χ1n) is 6.28. The van der Waals surface area contributed by atoms with Gasteiger partial charge in [-0.2, -0.15) is 0 Å². The van der Waals surface area contributed by atoms with Crippen LogP contribution in [0.1, 0.15) is 37.5 Å². The molecule has 96 valence electrons. The molecule has 1 heterocycles. The Labute approximate surface area is 108 Å². The van der Waals surface area contributed by atoms with Gasteiger partial charge in [-0.3, -0.25) is 4.79 Å². The van der Waals surface area contributed by atoms with E-state index in [-0.39, 0.29) is 5.91 Å². The SMILES string of the molecule is CCN(Cc1cccs1)C(=O)CCCCCN. The molecule has 1 aromatic heterocycles. The molecule has 17 heavy (non-hydrogen) atoms. The van der Waals surface area contributed by atoms with Crippen molar-refractivity contribution >= 4 is 17.2 Å². The van der Waals surface area contributed by atoms with Crippen molar-refractivity contribution in [2.45, 2.75) is 39.2 Å². The third-order valence-electron chi connectivity index (χ3n) is 2.76. The Morgan fingerprint density at radius 1 is 1.41 bits per heavy atom. The van der Waals surface area contributed by atoms with E-state index in [2.05, 4.69) is 11.4 Å². The minimum Gasteiger partial charge on any atom is -0.338 e. The van der Waals surface area contributed by atoms with Crippen LogP contribution in [0.15, 0.2) is 17.5 Å². The number of amides is 1. The molecule has 0 atom stereocenters. The summed E-state index contributed by atoms with van der Waals surface area (Å²) in [6.45, 7) is 4.30. The molecule has 0 aliphatic carbocycles. The zero-order chi connectivity index (χ0) is 12.5. The van der Waals surface area contributed by atoms with Gasteiger partial charge < -0.3 is 10.6 Å². The average molecular weight is 254 g/mol. The molecule has 0 aliphatic rings. The van der Waals surface area contributed by atoms with Crippen LogP contribution in [-0.4, -0.2) is 23.9 Å². The molecule has 1 rings (SSSR count). The predicted octanol–water partition coefficient (Wildman–Crippen LogP) is 2.62. The van der Waals surface area contributed by atoms with Crippen LogP contribution in [0.25, 0.3) is 0 Å². The quantitative estimate of drug-likeness (QED) is 0.725. The second-order valence-electron chi connectivity index (χ2n) is 4.09. The molecule has 1 aromatic rings. The Kier molecular flexibility index (Phi) is 6.89. The van der Waals surface area contributed by atoms with Gasteiger partial charge in [0.15, 0.2) is 0 Å². The molecule has 0 aliphatic heterocycles. The number of unbranched alkanes of at least 4 members (excludes halogenated alkanes) is 2. The van der Waals surface area contributed by atoms with Crippen molar-refractivity contribution in [2.24, 2.45) is 5.73 Å². The topological polar surface area (TPSA) is 46.3 Å². The highest BCUT2D eigenvalue weighted by molar-refractivity contribution is 7.09. The van der Waals surface area contributed by atoms with E-state index in [1.165, 1.54) is 4.88 Å². The average Bonchev–Trinajstić information content (AvgIpc) is 2.84. The molecule has 0 radical (unpaired) electrons. The molecule has 0 bridgehead atoms. The zero-order valence-corrected chi connectivity index (χ0v) is 11.3. The van der Waals surface area contributed by atoms with E-state index in [1.807, 2.05) is 17.9 Å². The zero-order valence-electron chi connectivity index (χ0n) is 10.5. The van der Waals surface area contributed by atoms with E-state index in [4.69, 9.17) is 5.73 Å². The molecule has 1 amide bonds. The van der Waals surface area contributed by atoms with Gasteiger partial charge in [-0.15, -0.1) is 11.3 Å². The van der Waals surface area contributed by atoms with Crippen LogP contribution in [-0.2, 0) is 11.3 Å². The number of hydrogen-bond acceptors (Lipinski definition) is 3. The summed E-state index contributed by atoms with van der Waals surface area (Å²) in [5, 5.41) is 2.05. The number of carbonyl (C=O) groups excluding carboxylic acids is 1. The first-order chi connectivity index (χ1) is 8.27. The van der Waals surface area contributed by atoms with Gasteiger partial charge in [0.05, 0.1) is 6.54 Å². The lowest BCUT2D eigenvalue weighted by Gasteiger charge is -2.20. The fourth-order valence-corrected chi connectivity index (χ4v) is 2.44. The number of nitrogens with two attached hydrogens (primary N) is 1. The maximum atomic E-state index is 12.0. The summed E-state index contributed by atoms with van der Waals surface area (Å²) in [6, 6.07) is 4.11. The molecular formula is C13H22N2OS. The Morgan fingerprint density at radius 3 is 2.82 bits per heavy atom.